The molecule has 31 heavy (non-hydrogen) atoms. The Morgan fingerprint density at radius 2 is 1.68 bits per heavy atom. The first-order valence-electron chi connectivity index (χ1n) is 10.3. The summed E-state index contributed by atoms with van der Waals surface area (Å²) in [6.07, 6.45) is 0.0366. The monoisotopic (exact) mass is 429 g/mol. The van der Waals surface area contributed by atoms with E-state index >= 15 is 0 Å². The Hall–Kier alpha value is -3.09. The summed E-state index contributed by atoms with van der Waals surface area (Å²) in [4.78, 5) is 35.8. The lowest BCUT2D eigenvalue weighted by molar-refractivity contribution is -0.155. The minimum Gasteiger partial charge on any atom is -0.497 e. The first kappa shape index (κ1) is 24.2. The summed E-state index contributed by atoms with van der Waals surface area (Å²) in [7, 11) is 1.62. The van der Waals surface area contributed by atoms with Crippen LogP contribution >= 0.6 is 0 Å². The van der Waals surface area contributed by atoms with Crippen LogP contribution in [0.4, 0.5) is 0 Å². The van der Waals surface area contributed by atoms with Crippen LogP contribution in [-0.2, 0) is 23.9 Å². The van der Waals surface area contributed by atoms with Crippen molar-refractivity contribution in [2.24, 2.45) is 0 Å². The van der Waals surface area contributed by atoms with Gasteiger partial charge < -0.3 is 19.5 Å². The Labute approximate surface area is 183 Å². The fourth-order valence-corrected chi connectivity index (χ4v) is 2.94. The second kappa shape index (κ2) is 10.8. The number of hydrogen-bond donors (Lipinski definition) is 1. The maximum atomic E-state index is 12.4. The highest BCUT2D eigenvalue weighted by Crippen LogP contribution is 2.25. The Morgan fingerprint density at radius 3 is 2.35 bits per heavy atom. The van der Waals surface area contributed by atoms with Crippen molar-refractivity contribution in [3.05, 3.63) is 42.0 Å². The molecule has 0 aliphatic carbocycles. The summed E-state index contributed by atoms with van der Waals surface area (Å²) in [6.45, 7) is 7.35. The molecule has 2 rings (SSSR count). The van der Waals surface area contributed by atoms with Gasteiger partial charge in [-0.15, -0.1) is 0 Å². The van der Waals surface area contributed by atoms with Gasteiger partial charge in [-0.05, 0) is 56.2 Å². The molecule has 2 aromatic carbocycles. The molecule has 0 heterocycles. The molecule has 7 heteroatoms. The predicted octanol–water partition coefficient (Wildman–Crippen LogP) is 3.73. The molecule has 0 saturated carbocycles. The van der Waals surface area contributed by atoms with E-state index < -0.39 is 17.5 Å². The number of fused-ring (bicyclic) bond motifs is 1. The molecule has 2 aromatic rings. The van der Waals surface area contributed by atoms with Gasteiger partial charge in [-0.3, -0.25) is 14.4 Å². The molecule has 1 atom stereocenters. The van der Waals surface area contributed by atoms with E-state index in [-0.39, 0.29) is 37.9 Å². The maximum Gasteiger partial charge on any atom is 0.313 e. The smallest absolute Gasteiger partial charge is 0.313 e. The molecule has 0 unspecified atom stereocenters. The summed E-state index contributed by atoms with van der Waals surface area (Å²) in [6, 6.07) is 11.6. The van der Waals surface area contributed by atoms with E-state index in [1.54, 1.807) is 34.8 Å². The average molecular weight is 430 g/mol. The van der Waals surface area contributed by atoms with Crippen molar-refractivity contribution < 1.29 is 28.6 Å². The number of amides is 1. The number of methoxy groups -OCH3 is 1. The van der Waals surface area contributed by atoms with Gasteiger partial charge in [-0.1, -0.05) is 24.3 Å². The van der Waals surface area contributed by atoms with Crippen LogP contribution in [0.2, 0.25) is 0 Å². The van der Waals surface area contributed by atoms with Gasteiger partial charge in [0.25, 0.3) is 0 Å². The molecule has 0 fully saturated rings. The van der Waals surface area contributed by atoms with Gasteiger partial charge >= 0.3 is 11.9 Å². The molecule has 0 saturated heterocycles. The van der Waals surface area contributed by atoms with Crippen LogP contribution in [0, 0.1) is 0 Å². The fourth-order valence-electron chi connectivity index (χ4n) is 2.94. The molecule has 0 radical (unpaired) electrons. The van der Waals surface area contributed by atoms with Crippen LogP contribution in [0.5, 0.6) is 5.75 Å². The number of benzene rings is 2. The first-order valence-corrected chi connectivity index (χ1v) is 10.3. The quantitative estimate of drug-likeness (QED) is 0.482. The third kappa shape index (κ3) is 7.92. The minimum absolute atomic E-state index is 0.00770. The van der Waals surface area contributed by atoms with Crippen molar-refractivity contribution in [3.8, 4) is 5.75 Å². The molecular weight excluding hydrogens is 398 g/mol. The molecule has 0 aliphatic rings. The largest absolute Gasteiger partial charge is 0.497 e. The molecule has 1 amide bonds. The van der Waals surface area contributed by atoms with Gasteiger partial charge in [-0.25, -0.2) is 0 Å². The standard InChI is InChI=1S/C24H31NO6/c1-16(17-6-7-19-15-20(29-5)9-8-18(19)14-17)23(28)30-13-12-25-21(26)10-11-22(27)31-24(2,3)4/h6-9,14-16H,10-13H2,1-5H3,(H,25,26)/t16-/m0/s1. The van der Waals surface area contributed by atoms with E-state index in [1.165, 1.54) is 0 Å². The molecule has 0 aliphatic heterocycles. The zero-order chi connectivity index (χ0) is 23.0. The second-order valence-electron chi connectivity index (χ2n) is 8.30. The minimum atomic E-state index is -0.573. The highest BCUT2D eigenvalue weighted by molar-refractivity contribution is 5.87. The van der Waals surface area contributed by atoms with Crippen molar-refractivity contribution >= 4 is 28.6 Å². The lowest BCUT2D eigenvalue weighted by atomic mass is 9.98. The average Bonchev–Trinajstić information content (AvgIpc) is 2.72. The summed E-state index contributed by atoms with van der Waals surface area (Å²) >= 11 is 0. The molecule has 0 bridgehead atoms. The number of carbonyl (C=O) groups is 3. The van der Waals surface area contributed by atoms with Gasteiger partial charge in [0, 0.05) is 6.42 Å². The maximum absolute atomic E-state index is 12.4. The molecular formula is C24H31NO6. The summed E-state index contributed by atoms with van der Waals surface area (Å²) in [5.41, 5.74) is 0.278. The van der Waals surface area contributed by atoms with Crippen LogP contribution in [0.15, 0.2) is 36.4 Å². The lowest BCUT2D eigenvalue weighted by Crippen LogP contribution is -2.30. The van der Waals surface area contributed by atoms with Crippen molar-refractivity contribution in [2.45, 2.75) is 52.1 Å². The molecule has 168 valence electrons. The van der Waals surface area contributed by atoms with E-state index in [2.05, 4.69) is 5.32 Å². The molecule has 0 spiro atoms. The fraction of sp³-hybridized carbons (Fsp3) is 0.458. The second-order valence-corrected chi connectivity index (χ2v) is 8.30. The first-order chi connectivity index (χ1) is 14.6. The van der Waals surface area contributed by atoms with Crippen LogP contribution in [0.3, 0.4) is 0 Å². The number of carbonyl (C=O) groups excluding carboxylic acids is 3. The van der Waals surface area contributed by atoms with E-state index in [0.29, 0.717) is 0 Å². The van der Waals surface area contributed by atoms with E-state index in [9.17, 15) is 14.4 Å². The predicted molar refractivity (Wildman–Crippen MR) is 118 cm³/mol. The SMILES string of the molecule is COc1ccc2cc([C@H](C)C(=O)OCCNC(=O)CCC(=O)OC(C)(C)C)ccc2c1. The Kier molecular flexibility index (Phi) is 8.42. The van der Waals surface area contributed by atoms with Crippen LogP contribution in [-0.4, -0.2) is 43.7 Å². The molecule has 1 N–H and O–H groups in total. The van der Waals surface area contributed by atoms with Crippen molar-refractivity contribution in [1.82, 2.24) is 5.32 Å². The molecule has 0 aromatic heterocycles. The number of ether oxygens (including phenoxy) is 3. The van der Waals surface area contributed by atoms with Gasteiger partial charge in [0.1, 0.15) is 18.0 Å². The lowest BCUT2D eigenvalue weighted by Gasteiger charge is -2.19. The normalized spacial score (nSPS) is 12.2. The summed E-state index contributed by atoms with van der Waals surface area (Å²) < 4.78 is 15.7. The summed E-state index contributed by atoms with van der Waals surface area (Å²) in [5.74, 6) is -0.734. The highest BCUT2D eigenvalue weighted by atomic mass is 16.6. The van der Waals surface area contributed by atoms with E-state index in [4.69, 9.17) is 14.2 Å². The topological polar surface area (TPSA) is 90.9 Å². The van der Waals surface area contributed by atoms with Crippen LogP contribution < -0.4 is 10.1 Å². The van der Waals surface area contributed by atoms with Gasteiger partial charge in [0.05, 0.1) is 26.0 Å². The van der Waals surface area contributed by atoms with Crippen molar-refractivity contribution in [3.63, 3.8) is 0 Å². The zero-order valence-corrected chi connectivity index (χ0v) is 18.8. The Balaban J connectivity index is 1.75. The number of nitrogens with one attached hydrogen (secondary N) is 1. The van der Waals surface area contributed by atoms with E-state index in [1.807, 2.05) is 36.4 Å². The third-order valence-corrected chi connectivity index (χ3v) is 4.57. The number of rotatable bonds is 9. The van der Waals surface area contributed by atoms with E-state index in [0.717, 1.165) is 22.1 Å². The number of esters is 2. The molecule has 7 nitrogen and oxygen atoms in total. The van der Waals surface area contributed by atoms with Gasteiger partial charge in [0.2, 0.25) is 5.91 Å². The van der Waals surface area contributed by atoms with Gasteiger partial charge in [-0.2, -0.15) is 0 Å². The Bertz CT molecular complexity index is 931. The van der Waals surface area contributed by atoms with Crippen molar-refractivity contribution in [2.75, 3.05) is 20.3 Å². The number of hydrogen-bond acceptors (Lipinski definition) is 6. The van der Waals surface area contributed by atoms with Crippen LogP contribution in [0.25, 0.3) is 10.8 Å². The van der Waals surface area contributed by atoms with Crippen LogP contribution in [0.1, 0.15) is 52.0 Å². The van der Waals surface area contributed by atoms with Crippen molar-refractivity contribution in [1.29, 1.82) is 0 Å². The van der Waals surface area contributed by atoms with Gasteiger partial charge in [0.15, 0.2) is 0 Å². The highest BCUT2D eigenvalue weighted by Gasteiger charge is 2.18. The summed E-state index contributed by atoms with van der Waals surface area (Å²) in [5, 5.41) is 4.67. The third-order valence-electron chi connectivity index (χ3n) is 4.57. The Morgan fingerprint density at radius 1 is 1.00 bits per heavy atom. The zero-order valence-electron chi connectivity index (χ0n) is 18.8.